The fraction of sp³-hybridized carbons (Fsp3) is 0.818. The van der Waals surface area contributed by atoms with Crippen molar-refractivity contribution >= 4 is 0 Å². The molecule has 3 aliphatic rings. The summed E-state index contributed by atoms with van der Waals surface area (Å²) < 4.78 is 11.6. The van der Waals surface area contributed by atoms with Crippen molar-refractivity contribution in [3.8, 4) is 0 Å². The average molecular weight is 180 g/mol. The molecule has 0 unspecified atom stereocenters. The zero-order chi connectivity index (χ0) is 8.89. The molecule has 1 saturated carbocycles. The van der Waals surface area contributed by atoms with Gasteiger partial charge in [0.25, 0.3) is 0 Å². The molecule has 0 radical (unpaired) electrons. The number of allylic oxidation sites excluding steroid dienone is 2. The van der Waals surface area contributed by atoms with Gasteiger partial charge in [0.1, 0.15) is 0 Å². The highest BCUT2D eigenvalue weighted by Gasteiger charge is 2.55. The zero-order valence-corrected chi connectivity index (χ0v) is 8.03. The van der Waals surface area contributed by atoms with Crippen LogP contribution in [0.1, 0.15) is 19.8 Å². The molecule has 0 aromatic carbocycles. The Morgan fingerprint density at radius 1 is 1.23 bits per heavy atom. The topological polar surface area (TPSA) is 18.5 Å². The first-order valence-electron chi connectivity index (χ1n) is 5.28. The van der Waals surface area contributed by atoms with Gasteiger partial charge < -0.3 is 9.47 Å². The van der Waals surface area contributed by atoms with Gasteiger partial charge in [0.2, 0.25) is 0 Å². The van der Waals surface area contributed by atoms with Crippen LogP contribution in [0, 0.1) is 17.8 Å². The van der Waals surface area contributed by atoms with Gasteiger partial charge in [-0.1, -0.05) is 19.1 Å². The number of ether oxygens (including phenoxy) is 2. The summed E-state index contributed by atoms with van der Waals surface area (Å²) in [6.45, 7) is 3.85. The quantitative estimate of drug-likeness (QED) is 0.530. The van der Waals surface area contributed by atoms with E-state index >= 15 is 0 Å². The smallest absolute Gasteiger partial charge is 0.172 e. The van der Waals surface area contributed by atoms with Gasteiger partial charge in [0, 0.05) is 12.3 Å². The lowest BCUT2D eigenvalue weighted by atomic mass is 9.88. The van der Waals surface area contributed by atoms with Gasteiger partial charge in [-0.2, -0.15) is 0 Å². The molecule has 1 aliphatic heterocycles. The molecule has 0 aromatic heterocycles. The van der Waals surface area contributed by atoms with E-state index < -0.39 is 0 Å². The lowest BCUT2D eigenvalue weighted by Gasteiger charge is -2.31. The van der Waals surface area contributed by atoms with Crippen LogP contribution in [0.4, 0.5) is 0 Å². The van der Waals surface area contributed by atoms with Crippen LogP contribution in [0.5, 0.6) is 0 Å². The van der Waals surface area contributed by atoms with Gasteiger partial charge in [0.05, 0.1) is 13.2 Å². The molecule has 3 rings (SSSR count). The van der Waals surface area contributed by atoms with Crippen molar-refractivity contribution in [2.75, 3.05) is 13.2 Å². The van der Waals surface area contributed by atoms with Crippen molar-refractivity contribution in [3.63, 3.8) is 0 Å². The van der Waals surface area contributed by atoms with Gasteiger partial charge in [-0.3, -0.25) is 0 Å². The summed E-state index contributed by atoms with van der Waals surface area (Å²) in [5.74, 6) is 1.74. The van der Waals surface area contributed by atoms with Crippen LogP contribution in [0.2, 0.25) is 0 Å². The zero-order valence-electron chi connectivity index (χ0n) is 8.03. The van der Waals surface area contributed by atoms with Crippen molar-refractivity contribution in [1.29, 1.82) is 0 Å². The molecule has 0 bridgehead atoms. The Morgan fingerprint density at radius 3 is 2.77 bits per heavy atom. The van der Waals surface area contributed by atoms with Gasteiger partial charge in [-0.15, -0.1) is 0 Å². The standard InChI is InChI=1S/C11H16O2/c1-8-2-3-9-4-5-11(10(8)9)12-6-7-13-11/h2-3,8-10H,4-7H2,1H3/t8-,9+,10+/m0/s1. The molecular weight excluding hydrogens is 164 g/mol. The third-order valence-corrected chi connectivity index (χ3v) is 3.80. The summed E-state index contributed by atoms with van der Waals surface area (Å²) >= 11 is 0. The van der Waals surface area contributed by atoms with Gasteiger partial charge in [0.15, 0.2) is 5.79 Å². The number of fused-ring (bicyclic) bond motifs is 2. The predicted octanol–water partition coefficient (Wildman–Crippen LogP) is 1.96. The SMILES string of the molecule is C[C@H]1C=C[C@@H]2CCC3(OCCO3)[C@@H]21. The largest absolute Gasteiger partial charge is 0.347 e. The number of hydrogen-bond donors (Lipinski definition) is 0. The fourth-order valence-electron chi connectivity index (χ4n) is 3.29. The van der Waals surface area contributed by atoms with E-state index in [0.717, 1.165) is 19.6 Å². The number of hydrogen-bond acceptors (Lipinski definition) is 2. The Hall–Kier alpha value is -0.340. The van der Waals surface area contributed by atoms with E-state index in [0.29, 0.717) is 17.8 Å². The molecule has 2 fully saturated rings. The first kappa shape index (κ1) is 8.01. The Kier molecular flexibility index (Phi) is 1.59. The Balaban J connectivity index is 1.91. The summed E-state index contributed by atoms with van der Waals surface area (Å²) in [5.41, 5.74) is 0. The first-order valence-corrected chi connectivity index (χ1v) is 5.28. The van der Waals surface area contributed by atoms with E-state index in [4.69, 9.17) is 9.47 Å². The van der Waals surface area contributed by atoms with E-state index in [-0.39, 0.29) is 5.79 Å². The molecule has 2 heteroatoms. The molecule has 0 amide bonds. The maximum atomic E-state index is 5.82. The molecule has 0 N–H and O–H groups in total. The molecule has 3 atom stereocenters. The number of rotatable bonds is 0. The highest BCUT2D eigenvalue weighted by atomic mass is 16.7. The van der Waals surface area contributed by atoms with Crippen LogP contribution in [-0.2, 0) is 9.47 Å². The monoisotopic (exact) mass is 180 g/mol. The summed E-state index contributed by atoms with van der Waals surface area (Å²) in [7, 11) is 0. The van der Waals surface area contributed by atoms with E-state index in [2.05, 4.69) is 19.1 Å². The highest BCUT2D eigenvalue weighted by molar-refractivity contribution is 5.13. The summed E-state index contributed by atoms with van der Waals surface area (Å²) in [5, 5.41) is 0. The van der Waals surface area contributed by atoms with Crippen LogP contribution in [0.25, 0.3) is 0 Å². The molecular formula is C11H16O2. The van der Waals surface area contributed by atoms with E-state index in [1.807, 2.05) is 0 Å². The van der Waals surface area contributed by atoms with Gasteiger partial charge >= 0.3 is 0 Å². The van der Waals surface area contributed by atoms with E-state index in [9.17, 15) is 0 Å². The van der Waals surface area contributed by atoms with Crippen molar-refractivity contribution in [2.45, 2.75) is 25.6 Å². The fourth-order valence-corrected chi connectivity index (χ4v) is 3.29. The minimum atomic E-state index is -0.201. The molecule has 13 heavy (non-hydrogen) atoms. The van der Waals surface area contributed by atoms with Crippen LogP contribution >= 0.6 is 0 Å². The lowest BCUT2D eigenvalue weighted by Crippen LogP contribution is -2.38. The van der Waals surface area contributed by atoms with Gasteiger partial charge in [-0.25, -0.2) is 0 Å². The summed E-state index contributed by atoms with van der Waals surface area (Å²) in [4.78, 5) is 0. The Bertz CT molecular complexity index is 240. The molecule has 1 spiro atoms. The van der Waals surface area contributed by atoms with Crippen LogP contribution in [-0.4, -0.2) is 19.0 Å². The third-order valence-electron chi connectivity index (χ3n) is 3.80. The Labute approximate surface area is 78.9 Å². The van der Waals surface area contributed by atoms with Crippen molar-refractivity contribution in [2.24, 2.45) is 17.8 Å². The predicted molar refractivity (Wildman–Crippen MR) is 49.2 cm³/mol. The minimum Gasteiger partial charge on any atom is -0.347 e. The van der Waals surface area contributed by atoms with Gasteiger partial charge in [-0.05, 0) is 18.3 Å². The van der Waals surface area contributed by atoms with Crippen molar-refractivity contribution in [1.82, 2.24) is 0 Å². The second kappa shape index (κ2) is 2.58. The maximum absolute atomic E-state index is 5.82. The second-order valence-electron chi connectivity index (χ2n) is 4.48. The van der Waals surface area contributed by atoms with Crippen molar-refractivity contribution < 1.29 is 9.47 Å². The highest BCUT2D eigenvalue weighted by Crippen LogP contribution is 2.52. The minimum absolute atomic E-state index is 0.201. The van der Waals surface area contributed by atoms with E-state index in [1.165, 1.54) is 6.42 Å². The first-order chi connectivity index (χ1) is 6.32. The molecule has 72 valence electrons. The van der Waals surface area contributed by atoms with E-state index in [1.54, 1.807) is 0 Å². The maximum Gasteiger partial charge on any atom is 0.172 e. The molecule has 1 heterocycles. The normalized spacial score (nSPS) is 46.1. The lowest BCUT2D eigenvalue weighted by molar-refractivity contribution is -0.189. The molecule has 1 saturated heterocycles. The Morgan fingerprint density at radius 2 is 2.00 bits per heavy atom. The molecule has 2 aliphatic carbocycles. The summed E-state index contributed by atoms with van der Waals surface area (Å²) in [6, 6.07) is 0. The summed E-state index contributed by atoms with van der Waals surface area (Å²) in [6.07, 6.45) is 7.01. The van der Waals surface area contributed by atoms with Crippen LogP contribution in [0.15, 0.2) is 12.2 Å². The second-order valence-corrected chi connectivity index (χ2v) is 4.48. The molecule has 2 nitrogen and oxygen atoms in total. The van der Waals surface area contributed by atoms with Crippen LogP contribution in [0.3, 0.4) is 0 Å². The van der Waals surface area contributed by atoms with Crippen LogP contribution < -0.4 is 0 Å². The third kappa shape index (κ3) is 0.960. The van der Waals surface area contributed by atoms with Crippen molar-refractivity contribution in [3.05, 3.63) is 12.2 Å². The molecule has 0 aromatic rings. The average Bonchev–Trinajstić information content (AvgIpc) is 2.76.